The molecule has 0 saturated heterocycles. The summed E-state index contributed by atoms with van der Waals surface area (Å²) >= 11 is 0. The second-order valence-corrected chi connectivity index (χ2v) is 3.58. The third-order valence-electron chi connectivity index (χ3n) is 2.35. The second kappa shape index (κ2) is 6.60. The van der Waals surface area contributed by atoms with E-state index >= 15 is 0 Å². The van der Waals surface area contributed by atoms with Crippen LogP contribution < -0.4 is 0 Å². The Morgan fingerprint density at radius 1 is 1.36 bits per heavy atom. The normalized spacial score (nSPS) is 17.8. The van der Waals surface area contributed by atoms with Gasteiger partial charge in [0.15, 0.2) is 0 Å². The summed E-state index contributed by atoms with van der Waals surface area (Å²) in [5.41, 5.74) is 0. The molecule has 0 aromatic rings. The predicted molar refractivity (Wildman–Crippen MR) is 53.8 cm³/mol. The molecule has 1 N–H and O–H groups in total. The molecular weight excluding hydrogens is 180 g/mol. The van der Waals surface area contributed by atoms with Crippen LogP contribution in [0.15, 0.2) is 12.2 Å². The Bertz CT molecular complexity index is 193. The first-order chi connectivity index (χ1) is 6.83. The topological polar surface area (TPSA) is 46.5 Å². The van der Waals surface area contributed by atoms with E-state index in [0.717, 1.165) is 12.8 Å². The Kier molecular flexibility index (Phi) is 5.30. The summed E-state index contributed by atoms with van der Waals surface area (Å²) < 4.78 is 5.24. The zero-order valence-electron chi connectivity index (χ0n) is 8.45. The molecule has 1 saturated carbocycles. The maximum Gasteiger partial charge on any atom is 0.309 e. The highest BCUT2D eigenvalue weighted by atomic mass is 16.5. The molecule has 3 heteroatoms. The quantitative estimate of drug-likeness (QED) is 0.541. The van der Waals surface area contributed by atoms with Crippen molar-refractivity contribution < 1.29 is 14.6 Å². The highest BCUT2D eigenvalue weighted by Gasteiger charge is 2.18. The number of carbonyl (C=O) groups is 1. The Hall–Kier alpha value is -0.830. The van der Waals surface area contributed by atoms with Gasteiger partial charge in [-0.25, -0.2) is 0 Å². The Balaban J connectivity index is 2.09. The second-order valence-electron chi connectivity index (χ2n) is 3.58. The van der Waals surface area contributed by atoms with Crippen LogP contribution in [0.4, 0.5) is 0 Å². The van der Waals surface area contributed by atoms with Gasteiger partial charge in [-0.3, -0.25) is 4.79 Å². The van der Waals surface area contributed by atoms with Gasteiger partial charge < -0.3 is 9.84 Å². The van der Waals surface area contributed by atoms with E-state index in [1.165, 1.54) is 12.8 Å². The fraction of sp³-hybridized carbons (Fsp3) is 0.727. The molecule has 0 heterocycles. The van der Waals surface area contributed by atoms with Crippen molar-refractivity contribution in [1.82, 2.24) is 0 Å². The fourth-order valence-electron chi connectivity index (χ4n) is 1.61. The van der Waals surface area contributed by atoms with Crippen molar-refractivity contribution in [3.05, 3.63) is 12.2 Å². The number of rotatable bonds is 5. The largest absolute Gasteiger partial charge is 0.462 e. The smallest absolute Gasteiger partial charge is 0.309 e. The molecule has 0 aromatic heterocycles. The first-order valence-corrected chi connectivity index (χ1v) is 5.28. The van der Waals surface area contributed by atoms with Gasteiger partial charge in [0.25, 0.3) is 0 Å². The SMILES string of the molecule is O=C(CC=CCCO)OC1CCCC1. The molecule has 0 amide bonds. The minimum Gasteiger partial charge on any atom is -0.462 e. The van der Waals surface area contributed by atoms with E-state index < -0.39 is 0 Å². The van der Waals surface area contributed by atoms with Gasteiger partial charge in [0, 0.05) is 6.61 Å². The first-order valence-electron chi connectivity index (χ1n) is 5.28. The van der Waals surface area contributed by atoms with Crippen LogP contribution in [0.5, 0.6) is 0 Å². The number of aliphatic hydroxyl groups is 1. The van der Waals surface area contributed by atoms with Gasteiger partial charge in [-0.05, 0) is 32.1 Å². The maximum absolute atomic E-state index is 11.2. The van der Waals surface area contributed by atoms with Crippen molar-refractivity contribution in [3.8, 4) is 0 Å². The Labute approximate surface area is 84.8 Å². The average molecular weight is 198 g/mol. The zero-order chi connectivity index (χ0) is 10.2. The zero-order valence-corrected chi connectivity index (χ0v) is 8.45. The molecule has 0 atom stereocenters. The van der Waals surface area contributed by atoms with Gasteiger partial charge in [-0.1, -0.05) is 12.2 Å². The van der Waals surface area contributed by atoms with E-state index in [4.69, 9.17) is 9.84 Å². The summed E-state index contributed by atoms with van der Waals surface area (Å²) in [4.78, 5) is 11.2. The molecule has 80 valence electrons. The van der Waals surface area contributed by atoms with Gasteiger partial charge in [-0.15, -0.1) is 0 Å². The van der Waals surface area contributed by atoms with Gasteiger partial charge in [0.05, 0.1) is 6.42 Å². The van der Waals surface area contributed by atoms with Crippen LogP contribution in [0.25, 0.3) is 0 Å². The number of esters is 1. The lowest BCUT2D eigenvalue weighted by Crippen LogP contribution is -2.13. The van der Waals surface area contributed by atoms with Gasteiger partial charge >= 0.3 is 5.97 Å². The molecule has 1 rings (SSSR count). The minimum atomic E-state index is -0.147. The summed E-state index contributed by atoms with van der Waals surface area (Å²) in [6.07, 6.45) is 9.06. The average Bonchev–Trinajstić information content (AvgIpc) is 2.65. The fourth-order valence-corrected chi connectivity index (χ4v) is 1.61. The van der Waals surface area contributed by atoms with Crippen LogP contribution in [0, 0.1) is 0 Å². The molecule has 0 aromatic carbocycles. The molecule has 0 bridgehead atoms. The van der Waals surface area contributed by atoms with E-state index in [-0.39, 0.29) is 18.7 Å². The predicted octanol–water partition coefficient (Wildman–Crippen LogP) is 1.80. The third kappa shape index (κ3) is 4.42. The van der Waals surface area contributed by atoms with Gasteiger partial charge in [0.2, 0.25) is 0 Å². The summed E-state index contributed by atoms with van der Waals surface area (Å²) in [6.45, 7) is 0.133. The van der Waals surface area contributed by atoms with Crippen molar-refractivity contribution >= 4 is 5.97 Å². The first kappa shape index (κ1) is 11.2. The van der Waals surface area contributed by atoms with E-state index in [2.05, 4.69) is 0 Å². The number of aliphatic hydroxyl groups excluding tert-OH is 1. The van der Waals surface area contributed by atoms with Crippen molar-refractivity contribution in [2.45, 2.75) is 44.6 Å². The van der Waals surface area contributed by atoms with E-state index in [9.17, 15) is 4.79 Å². The van der Waals surface area contributed by atoms with Crippen LogP contribution >= 0.6 is 0 Å². The molecule has 1 aliphatic carbocycles. The van der Waals surface area contributed by atoms with Crippen LogP contribution in [0.1, 0.15) is 38.5 Å². The number of hydrogen-bond acceptors (Lipinski definition) is 3. The van der Waals surface area contributed by atoms with Crippen molar-refractivity contribution in [2.75, 3.05) is 6.61 Å². The molecule has 3 nitrogen and oxygen atoms in total. The Morgan fingerprint density at radius 2 is 2.07 bits per heavy atom. The van der Waals surface area contributed by atoms with Crippen molar-refractivity contribution in [1.29, 1.82) is 0 Å². The van der Waals surface area contributed by atoms with E-state index in [1.54, 1.807) is 12.2 Å². The van der Waals surface area contributed by atoms with Crippen LogP contribution in [-0.4, -0.2) is 23.8 Å². The van der Waals surface area contributed by atoms with Crippen LogP contribution in [0.3, 0.4) is 0 Å². The number of hydrogen-bond donors (Lipinski definition) is 1. The summed E-state index contributed by atoms with van der Waals surface area (Å²) in [6, 6.07) is 0. The van der Waals surface area contributed by atoms with Crippen LogP contribution in [-0.2, 0) is 9.53 Å². The van der Waals surface area contributed by atoms with E-state index in [1.807, 2.05) is 0 Å². The summed E-state index contributed by atoms with van der Waals surface area (Å²) in [7, 11) is 0. The lowest BCUT2D eigenvalue weighted by Gasteiger charge is -2.09. The molecule has 14 heavy (non-hydrogen) atoms. The highest BCUT2D eigenvalue weighted by molar-refractivity contribution is 5.71. The monoisotopic (exact) mass is 198 g/mol. The third-order valence-corrected chi connectivity index (χ3v) is 2.35. The summed E-state index contributed by atoms with van der Waals surface area (Å²) in [5, 5.41) is 8.49. The van der Waals surface area contributed by atoms with Crippen molar-refractivity contribution in [3.63, 3.8) is 0 Å². The summed E-state index contributed by atoms with van der Waals surface area (Å²) in [5.74, 6) is -0.147. The number of ether oxygens (including phenoxy) is 1. The standard InChI is InChI=1S/C11H18O3/c12-9-5-1-2-8-11(13)14-10-6-3-4-7-10/h1-2,10,12H,3-9H2. The van der Waals surface area contributed by atoms with Gasteiger partial charge in [-0.2, -0.15) is 0 Å². The molecular formula is C11H18O3. The van der Waals surface area contributed by atoms with E-state index in [0.29, 0.717) is 12.8 Å². The lowest BCUT2D eigenvalue weighted by molar-refractivity contribution is -0.147. The molecule has 0 radical (unpaired) electrons. The molecule has 0 unspecified atom stereocenters. The van der Waals surface area contributed by atoms with Gasteiger partial charge in [0.1, 0.15) is 6.10 Å². The molecule has 0 aliphatic heterocycles. The van der Waals surface area contributed by atoms with Crippen molar-refractivity contribution in [2.24, 2.45) is 0 Å². The Morgan fingerprint density at radius 3 is 2.71 bits per heavy atom. The lowest BCUT2D eigenvalue weighted by atomic mass is 10.3. The number of carbonyl (C=O) groups excluding carboxylic acids is 1. The maximum atomic E-state index is 11.2. The molecule has 1 aliphatic rings. The molecule has 0 spiro atoms. The minimum absolute atomic E-state index is 0.133. The van der Waals surface area contributed by atoms with Crippen LogP contribution in [0.2, 0.25) is 0 Å². The molecule has 1 fully saturated rings. The highest BCUT2D eigenvalue weighted by Crippen LogP contribution is 2.21.